The summed E-state index contributed by atoms with van der Waals surface area (Å²) in [6.07, 6.45) is 3.84. The topological polar surface area (TPSA) is 53.4 Å². The molecule has 2 heterocycles. The molecule has 0 bridgehead atoms. The minimum atomic E-state index is -0.0167. The monoisotopic (exact) mass is 313 g/mol. The van der Waals surface area contributed by atoms with Crippen LogP contribution in [0.1, 0.15) is 22.7 Å². The highest BCUT2D eigenvalue weighted by atomic mass is 16.2. The zero-order chi connectivity index (χ0) is 16.4. The number of hydrogen-bond donors (Lipinski definition) is 1. The van der Waals surface area contributed by atoms with Crippen molar-refractivity contribution >= 4 is 6.03 Å². The second-order valence-electron chi connectivity index (χ2n) is 6.24. The number of nitrogens with zero attached hydrogens (tertiary/aromatic N) is 4. The predicted octanol–water partition coefficient (Wildman–Crippen LogP) is 1.75. The lowest BCUT2D eigenvalue weighted by molar-refractivity contribution is 0.193. The van der Waals surface area contributed by atoms with Crippen molar-refractivity contribution in [1.82, 2.24) is 24.9 Å². The molecule has 1 atom stereocenters. The molecule has 1 N–H and O–H groups in total. The van der Waals surface area contributed by atoms with E-state index in [4.69, 9.17) is 0 Å². The lowest BCUT2D eigenvalue weighted by Gasteiger charge is -2.25. The normalized spacial score (nSPS) is 14.9. The molecule has 0 saturated carbocycles. The largest absolute Gasteiger partial charge is 0.336 e. The summed E-state index contributed by atoms with van der Waals surface area (Å²) in [6, 6.07) is 8.30. The van der Waals surface area contributed by atoms with Crippen LogP contribution in [0.5, 0.6) is 0 Å². The molecule has 2 aromatic rings. The maximum absolute atomic E-state index is 12.5. The van der Waals surface area contributed by atoms with Crippen LogP contribution in [0.4, 0.5) is 4.79 Å². The summed E-state index contributed by atoms with van der Waals surface area (Å²) < 4.78 is 1.78. The molecule has 0 saturated heterocycles. The minimum absolute atomic E-state index is 0.0167. The van der Waals surface area contributed by atoms with Gasteiger partial charge in [0.2, 0.25) is 0 Å². The van der Waals surface area contributed by atoms with E-state index in [1.54, 1.807) is 4.68 Å². The second kappa shape index (κ2) is 6.42. The first kappa shape index (κ1) is 15.6. The zero-order valence-electron chi connectivity index (χ0n) is 13.9. The van der Waals surface area contributed by atoms with Crippen LogP contribution in [-0.2, 0) is 20.1 Å². The Bertz CT molecular complexity index is 669. The number of rotatable bonds is 4. The summed E-state index contributed by atoms with van der Waals surface area (Å²) in [6.45, 7) is 1.92. The number of urea groups is 1. The SMILES string of the molecule is CN(C)[C@@H](CNC(=O)N1Cc2ccccc2C1)c1cnn(C)c1. The van der Waals surface area contributed by atoms with Gasteiger partial charge in [0.15, 0.2) is 0 Å². The minimum Gasteiger partial charge on any atom is -0.336 e. The highest BCUT2D eigenvalue weighted by Crippen LogP contribution is 2.22. The molecule has 0 fully saturated rings. The van der Waals surface area contributed by atoms with Crippen LogP contribution >= 0.6 is 0 Å². The van der Waals surface area contributed by atoms with Gasteiger partial charge in [0, 0.05) is 38.4 Å². The summed E-state index contributed by atoms with van der Waals surface area (Å²) in [7, 11) is 5.92. The smallest absolute Gasteiger partial charge is 0.318 e. The molecular formula is C17H23N5O. The number of carbonyl (C=O) groups excluding carboxylic acids is 1. The number of amides is 2. The average Bonchev–Trinajstić information content (AvgIpc) is 3.13. The summed E-state index contributed by atoms with van der Waals surface area (Å²) in [5.74, 6) is 0. The van der Waals surface area contributed by atoms with Crippen LogP contribution in [0.25, 0.3) is 0 Å². The summed E-state index contributed by atoms with van der Waals surface area (Å²) in [5.41, 5.74) is 3.57. The molecule has 6 nitrogen and oxygen atoms in total. The quantitative estimate of drug-likeness (QED) is 0.935. The Balaban J connectivity index is 1.60. The standard InChI is InChI=1S/C17H23N5O/c1-20(2)16(15-8-19-21(3)10-15)9-18-17(23)22-11-13-6-4-5-7-14(13)12-22/h4-8,10,16H,9,11-12H2,1-3H3,(H,18,23)/t16-/m0/s1. The van der Waals surface area contributed by atoms with Gasteiger partial charge < -0.3 is 15.1 Å². The molecule has 1 aromatic carbocycles. The van der Waals surface area contributed by atoms with E-state index < -0.39 is 0 Å². The molecule has 1 aliphatic heterocycles. The van der Waals surface area contributed by atoms with Crippen LogP contribution in [-0.4, -0.2) is 46.3 Å². The predicted molar refractivity (Wildman–Crippen MR) is 88.7 cm³/mol. The third-order valence-corrected chi connectivity index (χ3v) is 4.31. The fourth-order valence-electron chi connectivity index (χ4n) is 2.98. The van der Waals surface area contributed by atoms with Crippen molar-refractivity contribution in [1.29, 1.82) is 0 Å². The molecule has 1 aromatic heterocycles. The van der Waals surface area contributed by atoms with Crippen molar-refractivity contribution in [3.63, 3.8) is 0 Å². The summed E-state index contributed by atoms with van der Waals surface area (Å²) in [4.78, 5) is 16.4. The van der Waals surface area contributed by atoms with E-state index in [1.165, 1.54) is 11.1 Å². The molecule has 3 rings (SSSR count). The zero-order valence-corrected chi connectivity index (χ0v) is 13.9. The average molecular weight is 313 g/mol. The van der Waals surface area contributed by atoms with Gasteiger partial charge in [0.05, 0.1) is 12.2 Å². The molecule has 122 valence electrons. The van der Waals surface area contributed by atoms with Gasteiger partial charge in [-0.25, -0.2) is 4.79 Å². The van der Waals surface area contributed by atoms with Crippen LogP contribution in [0.15, 0.2) is 36.7 Å². The number of benzene rings is 1. The van der Waals surface area contributed by atoms with Gasteiger partial charge in [0.25, 0.3) is 0 Å². The van der Waals surface area contributed by atoms with E-state index in [1.807, 2.05) is 50.6 Å². The van der Waals surface area contributed by atoms with Crippen LogP contribution in [0.3, 0.4) is 0 Å². The Labute approximate surface area is 136 Å². The van der Waals surface area contributed by atoms with E-state index in [2.05, 4.69) is 27.4 Å². The molecule has 0 aliphatic carbocycles. The van der Waals surface area contributed by atoms with Crippen molar-refractivity contribution in [2.24, 2.45) is 7.05 Å². The molecular weight excluding hydrogens is 290 g/mol. The number of likely N-dealkylation sites (N-methyl/N-ethyl adjacent to an activating group) is 1. The van der Waals surface area contributed by atoms with Gasteiger partial charge in [-0.15, -0.1) is 0 Å². The number of aryl methyl sites for hydroxylation is 1. The van der Waals surface area contributed by atoms with Crippen molar-refractivity contribution in [2.45, 2.75) is 19.1 Å². The van der Waals surface area contributed by atoms with Gasteiger partial charge in [-0.05, 0) is 25.2 Å². The van der Waals surface area contributed by atoms with Gasteiger partial charge in [-0.3, -0.25) is 4.68 Å². The number of fused-ring (bicyclic) bond motifs is 1. The Kier molecular flexibility index (Phi) is 4.34. The number of hydrogen-bond acceptors (Lipinski definition) is 3. The molecule has 23 heavy (non-hydrogen) atoms. The fraction of sp³-hybridized carbons (Fsp3) is 0.412. The van der Waals surface area contributed by atoms with Crippen molar-refractivity contribution < 1.29 is 4.79 Å². The van der Waals surface area contributed by atoms with Crippen LogP contribution in [0.2, 0.25) is 0 Å². The molecule has 6 heteroatoms. The van der Waals surface area contributed by atoms with Gasteiger partial charge >= 0.3 is 6.03 Å². The second-order valence-corrected chi connectivity index (χ2v) is 6.24. The van der Waals surface area contributed by atoms with Gasteiger partial charge in [-0.1, -0.05) is 24.3 Å². The van der Waals surface area contributed by atoms with E-state index in [0.717, 1.165) is 5.56 Å². The Morgan fingerprint density at radius 2 is 1.96 bits per heavy atom. The van der Waals surface area contributed by atoms with E-state index in [9.17, 15) is 4.79 Å². The molecule has 1 aliphatic rings. The Morgan fingerprint density at radius 1 is 1.30 bits per heavy atom. The summed E-state index contributed by atoms with van der Waals surface area (Å²) in [5, 5.41) is 7.28. The van der Waals surface area contributed by atoms with Crippen molar-refractivity contribution in [2.75, 3.05) is 20.6 Å². The maximum Gasteiger partial charge on any atom is 0.318 e. The molecule has 0 unspecified atom stereocenters. The van der Waals surface area contributed by atoms with Crippen LogP contribution in [0, 0.1) is 0 Å². The third kappa shape index (κ3) is 3.37. The Morgan fingerprint density at radius 3 is 2.48 bits per heavy atom. The van der Waals surface area contributed by atoms with Gasteiger partial charge in [-0.2, -0.15) is 5.10 Å². The van der Waals surface area contributed by atoms with Crippen molar-refractivity contribution in [3.05, 3.63) is 53.3 Å². The summed E-state index contributed by atoms with van der Waals surface area (Å²) >= 11 is 0. The Hall–Kier alpha value is -2.34. The highest BCUT2D eigenvalue weighted by Gasteiger charge is 2.24. The van der Waals surface area contributed by atoms with E-state index in [-0.39, 0.29) is 12.1 Å². The number of nitrogens with one attached hydrogen (secondary N) is 1. The number of aromatic nitrogens is 2. The molecule has 0 radical (unpaired) electrons. The lowest BCUT2D eigenvalue weighted by Crippen LogP contribution is -2.41. The first-order valence-electron chi connectivity index (χ1n) is 7.79. The highest BCUT2D eigenvalue weighted by molar-refractivity contribution is 5.75. The number of carbonyl (C=O) groups is 1. The first-order valence-corrected chi connectivity index (χ1v) is 7.79. The van der Waals surface area contributed by atoms with E-state index in [0.29, 0.717) is 19.6 Å². The molecule has 0 spiro atoms. The fourth-order valence-corrected chi connectivity index (χ4v) is 2.98. The maximum atomic E-state index is 12.5. The molecule has 2 amide bonds. The third-order valence-electron chi connectivity index (χ3n) is 4.31. The van der Waals surface area contributed by atoms with Crippen LogP contribution < -0.4 is 5.32 Å². The first-order chi connectivity index (χ1) is 11.0. The van der Waals surface area contributed by atoms with Gasteiger partial charge in [0.1, 0.15) is 0 Å². The van der Waals surface area contributed by atoms with E-state index >= 15 is 0 Å². The van der Waals surface area contributed by atoms with Crippen molar-refractivity contribution in [3.8, 4) is 0 Å². The lowest BCUT2D eigenvalue weighted by atomic mass is 10.1.